The van der Waals surface area contributed by atoms with E-state index >= 15 is 0 Å². The molecule has 18 heavy (non-hydrogen) atoms. The minimum atomic E-state index is -1.24. The number of rotatable bonds is 11. The van der Waals surface area contributed by atoms with Crippen molar-refractivity contribution in [2.24, 2.45) is 0 Å². The Morgan fingerprint density at radius 1 is 1.17 bits per heavy atom. The van der Waals surface area contributed by atoms with E-state index in [1.54, 1.807) is 0 Å². The van der Waals surface area contributed by atoms with E-state index in [4.69, 9.17) is 5.11 Å². The predicted molar refractivity (Wildman–Crippen MR) is 62.4 cm³/mol. The summed E-state index contributed by atoms with van der Waals surface area (Å²) in [5, 5.41) is 19.0. The molecule has 0 bridgehead atoms. The Morgan fingerprint density at radius 3 is 2.28 bits per heavy atom. The topological polar surface area (TPSA) is 80.7 Å². The van der Waals surface area contributed by atoms with Crippen molar-refractivity contribution in [1.29, 1.82) is 0 Å². The first-order chi connectivity index (χ1) is 8.06. The van der Waals surface area contributed by atoms with Crippen LogP contribution in [0.25, 0.3) is 0 Å². The van der Waals surface area contributed by atoms with Gasteiger partial charge in [-0.15, -0.1) is 6.58 Å². The average Bonchev–Trinajstić information content (AvgIpc) is 2.21. The molecule has 1 N–H and O–H groups in total. The summed E-state index contributed by atoms with van der Waals surface area (Å²) in [6.45, 7) is 3.54. The van der Waals surface area contributed by atoms with Gasteiger partial charge in [-0.25, -0.2) is 0 Å². The number of carboxylic acid groups (broad SMARTS) is 2. The molecule has 5 nitrogen and oxygen atoms in total. The number of carboxylic acids is 2. The van der Waals surface area contributed by atoms with Crippen LogP contribution in [-0.2, 0) is 9.59 Å². The second-order valence-corrected chi connectivity index (χ2v) is 3.97. The van der Waals surface area contributed by atoms with E-state index < -0.39 is 11.9 Å². The Balaban J connectivity index is 0. The Labute approximate surface area is 151 Å². The molecule has 0 radical (unpaired) electrons. The van der Waals surface area contributed by atoms with Crippen LogP contribution in [0.2, 0.25) is 0 Å². The molecule has 0 amide bonds. The van der Waals surface area contributed by atoms with E-state index in [1.807, 2.05) is 6.08 Å². The van der Waals surface area contributed by atoms with Gasteiger partial charge in [-0.2, -0.15) is 0 Å². The van der Waals surface area contributed by atoms with Crippen molar-refractivity contribution in [3.8, 4) is 0 Å². The number of carbonyl (C=O) groups excluding carboxylic acids is 1. The molecule has 0 aromatic heterocycles. The zero-order chi connectivity index (χ0) is 13.1. The number of unbranched alkanes of at least 4 members (excludes halogenated alkanes) is 4. The van der Waals surface area contributed by atoms with Gasteiger partial charge >= 0.3 is 57.4 Å². The van der Waals surface area contributed by atoms with Crippen LogP contribution in [-0.4, -0.2) is 41.6 Å². The van der Waals surface area contributed by atoms with E-state index in [2.05, 4.69) is 6.58 Å². The third-order valence-electron chi connectivity index (χ3n) is 2.34. The summed E-state index contributed by atoms with van der Waals surface area (Å²) in [5.41, 5.74) is 0. The van der Waals surface area contributed by atoms with Crippen molar-refractivity contribution < 1.29 is 71.2 Å². The second-order valence-electron chi connectivity index (χ2n) is 3.97. The van der Waals surface area contributed by atoms with Crippen LogP contribution in [0.15, 0.2) is 12.7 Å². The number of nitrogens with zero attached hydrogens (tertiary/aromatic N) is 1. The van der Waals surface area contributed by atoms with E-state index in [0.717, 1.165) is 32.1 Å². The third-order valence-corrected chi connectivity index (χ3v) is 2.34. The van der Waals surface area contributed by atoms with Gasteiger partial charge in [0.2, 0.25) is 0 Å². The molecular formula is C12H20KNO4. The van der Waals surface area contributed by atoms with Crippen LogP contribution >= 0.6 is 0 Å². The van der Waals surface area contributed by atoms with Crippen molar-refractivity contribution >= 4 is 11.9 Å². The summed E-state index contributed by atoms with van der Waals surface area (Å²) in [5.74, 6) is -2.25. The molecule has 0 aromatic rings. The Bertz CT molecular complexity index is 242. The molecule has 0 unspecified atom stereocenters. The van der Waals surface area contributed by atoms with Crippen molar-refractivity contribution in [1.82, 2.24) is 4.90 Å². The molecule has 0 rings (SSSR count). The first-order valence-electron chi connectivity index (χ1n) is 5.81. The molecule has 0 aliphatic carbocycles. The summed E-state index contributed by atoms with van der Waals surface area (Å²) in [6.07, 6.45) is 6.75. The number of hydrogen-bond acceptors (Lipinski definition) is 4. The fourth-order valence-corrected chi connectivity index (χ4v) is 1.57. The number of aliphatic carboxylic acids is 2. The van der Waals surface area contributed by atoms with Gasteiger partial charge in [0.05, 0.1) is 12.5 Å². The number of allylic oxidation sites excluding steroid dienone is 1. The largest absolute Gasteiger partial charge is 1.00 e. The molecule has 0 atom stereocenters. The minimum Gasteiger partial charge on any atom is -0.549 e. The maximum atomic E-state index is 10.5. The quantitative estimate of drug-likeness (QED) is 0.252. The molecule has 0 heterocycles. The Morgan fingerprint density at radius 2 is 1.78 bits per heavy atom. The van der Waals surface area contributed by atoms with E-state index in [-0.39, 0.29) is 64.5 Å². The maximum Gasteiger partial charge on any atom is 1.00 e. The summed E-state index contributed by atoms with van der Waals surface area (Å²) in [7, 11) is 0. The van der Waals surface area contributed by atoms with Gasteiger partial charge in [-0.1, -0.05) is 18.9 Å². The molecule has 0 spiro atoms. The minimum absolute atomic E-state index is 0. The Kier molecular flexibility index (Phi) is 15.7. The van der Waals surface area contributed by atoms with Crippen LogP contribution in [0.4, 0.5) is 0 Å². The smallest absolute Gasteiger partial charge is 0.549 e. The van der Waals surface area contributed by atoms with Crippen LogP contribution < -0.4 is 56.5 Å². The van der Waals surface area contributed by atoms with Gasteiger partial charge in [0.15, 0.2) is 0 Å². The second kappa shape index (κ2) is 13.7. The maximum absolute atomic E-state index is 10.5. The van der Waals surface area contributed by atoms with Crippen LogP contribution in [0.5, 0.6) is 0 Å². The van der Waals surface area contributed by atoms with Crippen molar-refractivity contribution in [3.05, 3.63) is 12.7 Å². The van der Waals surface area contributed by atoms with Gasteiger partial charge in [0, 0.05) is 6.54 Å². The summed E-state index contributed by atoms with van der Waals surface area (Å²) in [4.78, 5) is 22.3. The summed E-state index contributed by atoms with van der Waals surface area (Å²) >= 11 is 0. The van der Waals surface area contributed by atoms with Crippen LogP contribution in [0, 0.1) is 0 Å². The average molecular weight is 281 g/mol. The molecule has 0 fully saturated rings. The Hall–Kier alpha value is 0.276. The van der Waals surface area contributed by atoms with E-state index in [9.17, 15) is 14.7 Å². The normalized spacial score (nSPS) is 9.83. The van der Waals surface area contributed by atoms with Gasteiger partial charge in [-0.3, -0.25) is 9.69 Å². The monoisotopic (exact) mass is 281 g/mol. The molecule has 0 saturated carbocycles. The zero-order valence-electron chi connectivity index (χ0n) is 11.1. The predicted octanol–water partition coefficient (Wildman–Crippen LogP) is -2.74. The third kappa shape index (κ3) is 14.3. The molecule has 0 saturated heterocycles. The fraction of sp³-hybridized carbons (Fsp3) is 0.667. The molecule has 98 valence electrons. The standard InChI is InChI=1S/C12H21NO4.K/c1-2-3-4-5-6-7-8-13(9-11(14)15)10-12(16)17;/h2H,1,3-10H2,(H,14,15)(H,16,17);/q;+1/p-1. The summed E-state index contributed by atoms with van der Waals surface area (Å²) < 4.78 is 0. The fourth-order valence-electron chi connectivity index (χ4n) is 1.57. The molecule has 0 aliphatic heterocycles. The number of carbonyl (C=O) groups is 2. The zero-order valence-corrected chi connectivity index (χ0v) is 14.2. The SMILES string of the molecule is C=CCCCCCCN(CC(=O)[O-])CC(=O)O.[K+]. The summed E-state index contributed by atoms with van der Waals surface area (Å²) in [6, 6.07) is 0. The van der Waals surface area contributed by atoms with Crippen molar-refractivity contribution in [2.75, 3.05) is 19.6 Å². The number of hydrogen-bond donors (Lipinski definition) is 1. The molecule has 0 aliphatic rings. The molecule has 0 aromatic carbocycles. The van der Waals surface area contributed by atoms with Gasteiger partial charge in [0.1, 0.15) is 0 Å². The van der Waals surface area contributed by atoms with E-state index in [1.165, 1.54) is 4.90 Å². The molecular weight excluding hydrogens is 261 g/mol. The first kappa shape index (κ1) is 20.6. The molecule has 6 heteroatoms. The van der Waals surface area contributed by atoms with Gasteiger partial charge in [0.25, 0.3) is 0 Å². The van der Waals surface area contributed by atoms with Crippen molar-refractivity contribution in [3.63, 3.8) is 0 Å². The van der Waals surface area contributed by atoms with E-state index in [0.29, 0.717) is 6.54 Å². The van der Waals surface area contributed by atoms with Gasteiger partial charge < -0.3 is 15.0 Å². The van der Waals surface area contributed by atoms with Crippen LogP contribution in [0.1, 0.15) is 32.1 Å². The van der Waals surface area contributed by atoms with Crippen LogP contribution in [0.3, 0.4) is 0 Å². The van der Waals surface area contributed by atoms with Crippen molar-refractivity contribution in [2.45, 2.75) is 32.1 Å². The first-order valence-corrected chi connectivity index (χ1v) is 5.81. The van der Waals surface area contributed by atoms with Gasteiger partial charge in [-0.05, 0) is 25.8 Å².